The van der Waals surface area contributed by atoms with Crippen LogP contribution in [0.5, 0.6) is 0 Å². The Morgan fingerprint density at radius 2 is 1.63 bits per heavy atom. The van der Waals surface area contributed by atoms with Crippen LogP contribution in [0, 0.1) is 10.8 Å². The third-order valence-corrected chi connectivity index (χ3v) is 3.42. The fourth-order valence-electron chi connectivity index (χ4n) is 1.78. The highest BCUT2D eigenvalue weighted by Gasteiger charge is 2.29. The average Bonchev–Trinajstić information content (AvgIpc) is 2.39. The first-order valence-electron chi connectivity index (χ1n) is 5.43. The van der Waals surface area contributed by atoms with E-state index in [4.69, 9.17) is 23.2 Å². The monoisotopic (exact) mass is 354 g/mol. The van der Waals surface area contributed by atoms with Gasteiger partial charge in [-0.05, 0) is 35.0 Å². The van der Waals surface area contributed by atoms with Crippen molar-refractivity contribution in [2.45, 2.75) is 5.60 Å². The zero-order valence-corrected chi connectivity index (χ0v) is 12.8. The molecule has 0 spiro atoms. The van der Waals surface area contributed by atoms with Gasteiger partial charge in [0.05, 0.1) is 0 Å². The van der Waals surface area contributed by atoms with Crippen LogP contribution in [0.15, 0.2) is 48.5 Å². The van der Waals surface area contributed by atoms with Gasteiger partial charge in [0.25, 0.3) is 0 Å². The largest absolute Gasteiger partial charge is 0.369 e. The van der Waals surface area contributed by atoms with Crippen LogP contribution in [0.2, 0.25) is 10.0 Å². The molecule has 2 rings (SSSR count). The van der Waals surface area contributed by atoms with E-state index in [1.807, 2.05) is 0 Å². The Bertz CT molecular complexity index is 643. The molecule has 0 saturated heterocycles. The quantitative estimate of drug-likeness (QED) is 0.781. The van der Waals surface area contributed by atoms with Crippen molar-refractivity contribution in [2.24, 2.45) is 0 Å². The van der Waals surface area contributed by atoms with E-state index in [9.17, 15) is 5.11 Å². The second-order valence-corrected chi connectivity index (χ2v) is 5.22. The van der Waals surface area contributed by atoms with Gasteiger partial charge in [0.15, 0.2) is 5.60 Å². The maximum absolute atomic E-state index is 10.9. The zero-order chi connectivity index (χ0) is 13.9. The van der Waals surface area contributed by atoms with E-state index in [0.717, 1.165) is 0 Å². The van der Waals surface area contributed by atoms with E-state index in [0.29, 0.717) is 21.2 Å². The van der Waals surface area contributed by atoms with E-state index in [-0.39, 0.29) is 0 Å². The zero-order valence-electron chi connectivity index (χ0n) is 9.70. The molecule has 1 unspecified atom stereocenters. The summed E-state index contributed by atoms with van der Waals surface area (Å²) in [5.74, 6) is 2.76. The first kappa shape index (κ1) is 14.4. The van der Waals surface area contributed by atoms with E-state index in [2.05, 4.69) is 26.7 Å². The van der Waals surface area contributed by atoms with E-state index < -0.39 is 5.60 Å². The number of aliphatic hydroxyl groups is 1. The molecule has 1 nitrogen and oxygen atoms in total. The summed E-state index contributed by atoms with van der Waals surface area (Å²) in [6, 6.07) is 13.9. The average molecular weight is 356 g/mol. The van der Waals surface area contributed by atoms with Gasteiger partial charge in [-0.3, -0.25) is 0 Å². The lowest BCUT2D eigenvalue weighted by atomic mass is 9.87. The van der Waals surface area contributed by atoms with Gasteiger partial charge in [-0.15, -0.1) is 0 Å². The van der Waals surface area contributed by atoms with Gasteiger partial charge in [-0.1, -0.05) is 47.5 Å². The van der Waals surface area contributed by atoms with Crippen LogP contribution < -0.4 is 0 Å². The Kier molecular flexibility index (Phi) is 4.54. The van der Waals surface area contributed by atoms with E-state index in [1.165, 1.54) is 0 Å². The summed E-state index contributed by atoms with van der Waals surface area (Å²) in [7, 11) is 0. The van der Waals surface area contributed by atoms with Gasteiger partial charge in [-0.2, -0.15) is 0 Å². The third kappa shape index (κ3) is 3.13. The molecular weight excluding hydrogens is 347 g/mol. The summed E-state index contributed by atoms with van der Waals surface area (Å²) in [5, 5.41) is 12.0. The Hall–Kier alpha value is -0.980. The van der Waals surface area contributed by atoms with Crippen LogP contribution >= 0.6 is 39.1 Å². The highest BCUT2D eigenvalue weighted by molar-refractivity contribution is 9.12. The van der Waals surface area contributed by atoms with Gasteiger partial charge < -0.3 is 5.11 Å². The maximum atomic E-state index is 10.9. The molecule has 1 atom stereocenters. The van der Waals surface area contributed by atoms with Crippen LogP contribution in [0.25, 0.3) is 0 Å². The molecule has 1 N–H and O–H groups in total. The van der Waals surface area contributed by atoms with Crippen molar-refractivity contribution in [2.75, 3.05) is 0 Å². The normalized spacial score (nSPS) is 13.3. The SMILES string of the molecule is OC(C#CBr)(c1ccc(Cl)cc1)c1cccc(Cl)c1. The molecule has 0 heterocycles. The van der Waals surface area contributed by atoms with Gasteiger partial charge in [0.2, 0.25) is 0 Å². The summed E-state index contributed by atoms with van der Waals surface area (Å²) >= 11 is 14.9. The van der Waals surface area contributed by atoms with E-state index >= 15 is 0 Å². The number of halogens is 3. The molecule has 0 aliphatic carbocycles. The van der Waals surface area contributed by atoms with Crippen LogP contribution in [0.1, 0.15) is 11.1 Å². The Balaban J connectivity index is 2.60. The molecule has 0 saturated carbocycles. The predicted molar refractivity (Wildman–Crippen MR) is 82.6 cm³/mol. The lowest BCUT2D eigenvalue weighted by Crippen LogP contribution is -2.25. The maximum Gasteiger partial charge on any atom is 0.177 e. The first-order chi connectivity index (χ1) is 9.06. The Morgan fingerprint density at radius 3 is 2.21 bits per heavy atom. The molecule has 0 aliphatic heterocycles. The molecule has 4 heteroatoms. The van der Waals surface area contributed by atoms with Crippen molar-refractivity contribution in [3.8, 4) is 10.8 Å². The molecule has 0 bridgehead atoms. The summed E-state index contributed by atoms with van der Waals surface area (Å²) in [6.45, 7) is 0. The minimum absolute atomic E-state index is 0.543. The highest BCUT2D eigenvalue weighted by Crippen LogP contribution is 2.31. The minimum atomic E-state index is -1.43. The molecule has 0 aliphatic rings. The fourth-order valence-corrected chi connectivity index (χ4v) is 2.39. The van der Waals surface area contributed by atoms with Crippen LogP contribution in [0.4, 0.5) is 0 Å². The number of hydrogen-bond acceptors (Lipinski definition) is 1. The minimum Gasteiger partial charge on any atom is -0.369 e. The highest BCUT2D eigenvalue weighted by atomic mass is 79.9. The van der Waals surface area contributed by atoms with Crippen molar-refractivity contribution < 1.29 is 5.11 Å². The molecule has 0 amide bonds. The van der Waals surface area contributed by atoms with Crippen LogP contribution in [-0.2, 0) is 5.60 Å². The molecule has 96 valence electrons. The van der Waals surface area contributed by atoms with Crippen LogP contribution in [0.3, 0.4) is 0 Å². The van der Waals surface area contributed by atoms with Crippen molar-refractivity contribution in [3.05, 3.63) is 69.7 Å². The number of hydrogen-bond donors (Lipinski definition) is 1. The molecule has 19 heavy (non-hydrogen) atoms. The molecular formula is C15H9BrCl2O. The lowest BCUT2D eigenvalue weighted by Gasteiger charge is -2.23. The second kappa shape index (κ2) is 5.98. The second-order valence-electron chi connectivity index (χ2n) is 3.95. The van der Waals surface area contributed by atoms with Crippen molar-refractivity contribution in [3.63, 3.8) is 0 Å². The summed E-state index contributed by atoms with van der Waals surface area (Å²) < 4.78 is 0. The van der Waals surface area contributed by atoms with Crippen molar-refractivity contribution in [1.82, 2.24) is 0 Å². The smallest absolute Gasteiger partial charge is 0.177 e. The van der Waals surface area contributed by atoms with Gasteiger partial charge in [0.1, 0.15) is 0 Å². The summed E-state index contributed by atoms with van der Waals surface area (Å²) in [4.78, 5) is 2.58. The molecule has 0 fully saturated rings. The van der Waals surface area contributed by atoms with Gasteiger partial charge in [0, 0.05) is 37.1 Å². The fraction of sp³-hybridized carbons (Fsp3) is 0.0667. The van der Waals surface area contributed by atoms with Crippen LogP contribution in [-0.4, -0.2) is 5.11 Å². The summed E-state index contributed by atoms with van der Waals surface area (Å²) in [6.07, 6.45) is 0. The number of rotatable bonds is 2. The lowest BCUT2D eigenvalue weighted by molar-refractivity contribution is 0.145. The molecule has 2 aromatic rings. The van der Waals surface area contributed by atoms with Gasteiger partial charge in [-0.25, -0.2) is 0 Å². The van der Waals surface area contributed by atoms with E-state index in [1.54, 1.807) is 48.5 Å². The summed E-state index contributed by atoms with van der Waals surface area (Å²) in [5.41, 5.74) is -0.195. The van der Waals surface area contributed by atoms with Gasteiger partial charge >= 0.3 is 0 Å². The Morgan fingerprint density at radius 1 is 0.947 bits per heavy atom. The first-order valence-corrected chi connectivity index (χ1v) is 6.98. The predicted octanol–water partition coefficient (Wildman–Crippen LogP) is 4.59. The standard InChI is InChI=1S/C15H9BrCl2O/c16-9-8-15(19,11-4-6-13(17)7-5-11)12-2-1-3-14(18)10-12/h1-7,10,19H. The topological polar surface area (TPSA) is 20.2 Å². The van der Waals surface area contributed by atoms with Crippen molar-refractivity contribution in [1.29, 1.82) is 0 Å². The molecule has 0 radical (unpaired) electrons. The molecule has 0 aromatic heterocycles. The third-order valence-electron chi connectivity index (χ3n) is 2.73. The number of benzene rings is 2. The molecule has 2 aromatic carbocycles. The van der Waals surface area contributed by atoms with Crippen molar-refractivity contribution >= 4 is 39.1 Å². The Labute approximate surface area is 130 Å².